The topological polar surface area (TPSA) is 84.3 Å². The first-order chi connectivity index (χ1) is 15.0. The number of ether oxygens (including phenoxy) is 3. The number of fused-ring (bicyclic) bond motifs is 1. The van der Waals surface area contributed by atoms with Crippen molar-refractivity contribution >= 4 is 41.3 Å². The van der Waals surface area contributed by atoms with E-state index in [4.69, 9.17) is 14.2 Å². The smallest absolute Gasteiger partial charge is 0.231 e. The molecule has 2 aliphatic rings. The lowest BCUT2D eigenvalue weighted by atomic mass is 9.74. The van der Waals surface area contributed by atoms with Gasteiger partial charge in [0, 0.05) is 36.6 Å². The highest BCUT2D eigenvalue weighted by molar-refractivity contribution is 14.0. The van der Waals surface area contributed by atoms with E-state index in [-0.39, 0.29) is 42.7 Å². The van der Waals surface area contributed by atoms with Crippen LogP contribution in [0, 0.1) is 0 Å². The predicted octanol–water partition coefficient (Wildman–Crippen LogP) is 3.61. The average Bonchev–Trinajstić information content (AvgIpc) is 3.48. The van der Waals surface area contributed by atoms with Crippen molar-refractivity contribution < 1.29 is 19.3 Å². The van der Waals surface area contributed by atoms with Crippen LogP contribution >= 0.6 is 35.3 Å². The first-order valence-electron chi connectivity index (χ1n) is 10.8. The zero-order valence-corrected chi connectivity index (χ0v) is 21.7. The Morgan fingerprint density at radius 2 is 1.97 bits per heavy atom. The number of benzene rings is 1. The minimum absolute atomic E-state index is 0. The van der Waals surface area contributed by atoms with Gasteiger partial charge in [-0.1, -0.05) is 12.1 Å². The average molecular weight is 573 g/mol. The van der Waals surface area contributed by atoms with Gasteiger partial charge in [0.05, 0.1) is 6.54 Å². The molecule has 0 saturated carbocycles. The van der Waals surface area contributed by atoms with E-state index in [2.05, 4.69) is 27.8 Å². The van der Waals surface area contributed by atoms with Crippen LogP contribution < -0.4 is 20.1 Å². The number of halogens is 1. The van der Waals surface area contributed by atoms with Gasteiger partial charge in [-0.15, -0.1) is 35.3 Å². The minimum Gasteiger partial charge on any atom is -0.454 e. The molecule has 1 aromatic carbocycles. The number of guanidine groups is 1. The quantitative estimate of drug-likeness (QED) is 0.267. The molecular weight excluding hydrogens is 541 g/mol. The second-order valence-electron chi connectivity index (χ2n) is 8.26. The number of hydrogen-bond donors (Lipinski definition) is 3. The molecule has 9 heteroatoms. The van der Waals surface area contributed by atoms with Crippen LogP contribution in [0.1, 0.15) is 37.1 Å². The van der Waals surface area contributed by atoms with Crippen molar-refractivity contribution in [1.82, 2.24) is 10.6 Å². The Bertz CT molecular complexity index is 899. The Balaban J connectivity index is 0.00000289. The SMILES string of the molecule is CCNC(=NCC(C)(O)c1cccs1)NCC1(c2ccc3c(c2)OCO3)CCOCC1.I. The molecule has 176 valence electrons. The van der Waals surface area contributed by atoms with Crippen molar-refractivity contribution in [2.24, 2.45) is 4.99 Å². The van der Waals surface area contributed by atoms with E-state index in [0.717, 1.165) is 49.0 Å². The van der Waals surface area contributed by atoms with Gasteiger partial charge < -0.3 is 30.0 Å². The number of aliphatic hydroxyl groups is 1. The fourth-order valence-electron chi connectivity index (χ4n) is 4.05. The molecule has 0 bridgehead atoms. The van der Waals surface area contributed by atoms with Crippen molar-refractivity contribution in [2.75, 3.05) is 39.6 Å². The van der Waals surface area contributed by atoms with Crippen LogP contribution in [0.4, 0.5) is 0 Å². The Morgan fingerprint density at radius 1 is 1.19 bits per heavy atom. The van der Waals surface area contributed by atoms with E-state index in [1.807, 2.05) is 30.5 Å². The van der Waals surface area contributed by atoms with Crippen LogP contribution in [-0.4, -0.2) is 50.7 Å². The molecule has 1 unspecified atom stereocenters. The summed E-state index contributed by atoms with van der Waals surface area (Å²) >= 11 is 1.54. The van der Waals surface area contributed by atoms with Gasteiger partial charge in [0.2, 0.25) is 6.79 Å². The van der Waals surface area contributed by atoms with Crippen LogP contribution in [0.3, 0.4) is 0 Å². The maximum atomic E-state index is 10.8. The second-order valence-corrected chi connectivity index (χ2v) is 9.21. The van der Waals surface area contributed by atoms with Gasteiger partial charge in [-0.2, -0.15) is 0 Å². The molecule has 1 aromatic heterocycles. The molecule has 4 rings (SSSR count). The largest absolute Gasteiger partial charge is 0.454 e. The van der Waals surface area contributed by atoms with E-state index >= 15 is 0 Å². The van der Waals surface area contributed by atoms with Crippen LogP contribution in [0.2, 0.25) is 0 Å². The molecule has 1 atom stereocenters. The zero-order valence-electron chi connectivity index (χ0n) is 18.6. The van der Waals surface area contributed by atoms with Crippen LogP contribution in [0.15, 0.2) is 40.7 Å². The van der Waals surface area contributed by atoms with Crippen LogP contribution in [0.25, 0.3) is 0 Å². The summed E-state index contributed by atoms with van der Waals surface area (Å²) in [6.45, 7) is 7.29. The fraction of sp³-hybridized carbons (Fsp3) is 0.522. The van der Waals surface area contributed by atoms with E-state index in [1.165, 1.54) is 5.56 Å². The first-order valence-corrected chi connectivity index (χ1v) is 11.7. The third kappa shape index (κ3) is 5.67. The summed E-state index contributed by atoms with van der Waals surface area (Å²) in [6.07, 6.45) is 1.82. The summed E-state index contributed by atoms with van der Waals surface area (Å²) in [4.78, 5) is 5.59. The van der Waals surface area contributed by atoms with Gasteiger partial charge in [0.1, 0.15) is 5.60 Å². The zero-order chi connectivity index (χ0) is 21.7. The summed E-state index contributed by atoms with van der Waals surface area (Å²) in [6, 6.07) is 10.1. The number of nitrogens with one attached hydrogen (secondary N) is 2. The van der Waals surface area contributed by atoms with Gasteiger partial charge in [0.25, 0.3) is 0 Å². The molecule has 32 heavy (non-hydrogen) atoms. The van der Waals surface area contributed by atoms with Crippen molar-refractivity contribution in [2.45, 2.75) is 37.7 Å². The number of thiophene rings is 1. The Hall–Kier alpha value is -1.56. The molecule has 3 N–H and O–H groups in total. The molecule has 1 saturated heterocycles. The van der Waals surface area contributed by atoms with Gasteiger partial charge in [-0.25, -0.2) is 4.99 Å². The summed E-state index contributed by atoms with van der Waals surface area (Å²) in [5, 5.41) is 19.6. The number of aliphatic imine (C=N–C) groups is 1. The van der Waals surface area contributed by atoms with Gasteiger partial charge >= 0.3 is 0 Å². The standard InChI is InChI=1S/C23H31N3O4S.HI/c1-3-24-21(25-14-22(2,27)20-5-4-12-31-20)26-15-23(8-10-28-11-9-23)17-6-7-18-19(13-17)30-16-29-18;/h4-7,12-13,27H,3,8-11,14-16H2,1-2H3,(H2,24,25,26);1H. The summed E-state index contributed by atoms with van der Waals surface area (Å²) in [5.74, 6) is 2.30. The minimum atomic E-state index is -0.996. The fourth-order valence-corrected chi connectivity index (χ4v) is 4.83. The van der Waals surface area contributed by atoms with Crippen LogP contribution in [0.5, 0.6) is 11.5 Å². The highest BCUT2D eigenvalue weighted by atomic mass is 127. The number of rotatable bonds is 7. The monoisotopic (exact) mass is 573 g/mol. The Kier molecular flexibility index (Phi) is 8.65. The van der Waals surface area contributed by atoms with Crippen molar-refractivity contribution in [1.29, 1.82) is 0 Å². The molecule has 0 amide bonds. The maximum absolute atomic E-state index is 10.8. The Labute approximate surface area is 210 Å². The molecule has 0 spiro atoms. The van der Waals surface area contributed by atoms with E-state index in [0.29, 0.717) is 12.5 Å². The number of nitrogens with zero attached hydrogens (tertiary/aromatic N) is 1. The number of hydrogen-bond acceptors (Lipinski definition) is 6. The van der Waals surface area contributed by atoms with Gasteiger partial charge in [0.15, 0.2) is 17.5 Å². The van der Waals surface area contributed by atoms with Crippen molar-refractivity contribution in [3.8, 4) is 11.5 Å². The predicted molar refractivity (Wildman–Crippen MR) is 138 cm³/mol. The van der Waals surface area contributed by atoms with E-state index in [1.54, 1.807) is 18.3 Å². The lowest BCUT2D eigenvalue weighted by Crippen LogP contribution is -2.48. The Morgan fingerprint density at radius 3 is 2.69 bits per heavy atom. The third-order valence-corrected chi connectivity index (χ3v) is 7.09. The molecule has 0 aliphatic carbocycles. The highest BCUT2D eigenvalue weighted by Crippen LogP contribution is 2.40. The van der Waals surface area contributed by atoms with Crippen LogP contribution in [-0.2, 0) is 15.8 Å². The van der Waals surface area contributed by atoms with E-state index < -0.39 is 5.60 Å². The third-order valence-electron chi connectivity index (χ3n) is 5.97. The van der Waals surface area contributed by atoms with Gasteiger partial charge in [-0.05, 0) is 55.8 Å². The summed E-state index contributed by atoms with van der Waals surface area (Å²) in [7, 11) is 0. The van der Waals surface area contributed by atoms with Crippen molar-refractivity contribution in [3.05, 3.63) is 46.2 Å². The summed E-state index contributed by atoms with van der Waals surface area (Å²) in [5.41, 5.74) is 0.129. The highest BCUT2D eigenvalue weighted by Gasteiger charge is 2.36. The van der Waals surface area contributed by atoms with Crippen molar-refractivity contribution in [3.63, 3.8) is 0 Å². The second kappa shape index (κ2) is 11.0. The molecule has 7 nitrogen and oxygen atoms in total. The molecule has 2 aromatic rings. The molecular formula is C23H32IN3O4S. The lowest BCUT2D eigenvalue weighted by molar-refractivity contribution is 0.0512. The summed E-state index contributed by atoms with van der Waals surface area (Å²) < 4.78 is 16.8. The molecule has 3 heterocycles. The first kappa shape index (κ1) is 25.1. The molecule has 0 radical (unpaired) electrons. The van der Waals surface area contributed by atoms with Gasteiger partial charge in [-0.3, -0.25) is 0 Å². The normalized spacial score (nSPS) is 19.0. The van der Waals surface area contributed by atoms with E-state index in [9.17, 15) is 5.11 Å². The maximum Gasteiger partial charge on any atom is 0.231 e. The molecule has 1 fully saturated rings. The lowest BCUT2D eigenvalue weighted by Gasteiger charge is -2.38. The molecule has 2 aliphatic heterocycles.